The Balaban J connectivity index is 1.75. The van der Waals surface area contributed by atoms with E-state index in [0.29, 0.717) is 19.5 Å². The van der Waals surface area contributed by atoms with Gasteiger partial charge in [0.1, 0.15) is 5.82 Å². The molecule has 1 aliphatic rings. The minimum atomic E-state index is 0.125. The van der Waals surface area contributed by atoms with Gasteiger partial charge in [0, 0.05) is 32.0 Å². The van der Waals surface area contributed by atoms with Crippen LogP contribution in [0.5, 0.6) is 0 Å². The number of para-hydroxylation sites is 2. The first kappa shape index (κ1) is 16.6. The molecule has 1 fully saturated rings. The smallest absolute Gasteiger partial charge is 0.223 e. The van der Waals surface area contributed by atoms with Crippen molar-refractivity contribution in [1.82, 2.24) is 14.5 Å². The van der Waals surface area contributed by atoms with E-state index in [1.165, 1.54) is 11.1 Å². The number of imidazole rings is 1. The van der Waals surface area contributed by atoms with Crippen molar-refractivity contribution in [2.45, 2.75) is 25.8 Å². The first-order chi connectivity index (χ1) is 12.7. The summed E-state index contributed by atoms with van der Waals surface area (Å²) in [5.74, 6) is 1.32. The van der Waals surface area contributed by atoms with E-state index in [0.717, 1.165) is 23.4 Å². The highest BCUT2D eigenvalue weighted by Crippen LogP contribution is 2.31. The fourth-order valence-electron chi connectivity index (χ4n) is 3.84. The number of aryl methyl sites for hydroxylation is 1. The van der Waals surface area contributed by atoms with Crippen LogP contribution in [0, 0.1) is 6.92 Å². The quantitative estimate of drug-likeness (QED) is 0.658. The van der Waals surface area contributed by atoms with Gasteiger partial charge in [-0.2, -0.15) is 0 Å². The second-order valence-corrected chi connectivity index (χ2v) is 7.02. The van der Waals surface area contributed by atoms with Gasteiger partial charge in [-0.25, -0.2) is 4.98 Å². The second kappa shape index (κ2) is 6.79. The van der Waals surface area contributed by atoms with E-state index < -0.39 is 0 Å². The van der Waals surface area contributed by atoms with Gasteiger partial charge in [0.25, 0.3) is 0 Å². The Morgan fingerprint density at radius 1 is 1.23 bits per heavy atom. The summed E-state index contributed by atoms with van der Waals surface area (Å²) >= 11 is 0. The maximum absolute atomic E-state index is 12.3. The van der Waals surface area contributed by atoms with Gasteiger partial charge in [-0.1, -0.05) is 48.0 Å². The summed E-state index contributed by atoms with van der Waals surface area (Å²) in [6.45, 7) is 7.95. The Labute approximate surface area is 153 Å². The van der Waals surface area contributed by atoms with E-state index >= 15 is 0 Å². The van der Waals surface area contributed by atoms with Crippen molar-refractivity contribution >= 4 is 16.9 Å². The number of hydrogen-bond acceptors (Lipinski definition) is 2. The molecule has 4 heteroatoms. The molecule has 1 atom stereocenters. The third-order valence-electron chi connectivity index (χ3n) is 5.04. The fourth-order valence-corrected chi connectivity index (χ4v) is 3.84. The summed E-state index contributed by atoms with van der Waals surface area (Å²) < 4.78 is 2.28. The lowest BCUT2D eigenvalue weighted by atomic mass is 10.1. The molecule has 3 aromatic rings. The zero-order valence-electron chi connectivity index (χ0n) is 15.1. The normalized spacial score (nSPS) is 17.2. The molecule has 0 radical (unpaired) electrons. The molecule has 0 bridgehead atoms. The average Bonchev–Trinajstić information content (AvgIpc) is 3.17. The molecule has 0 saturated carbocycles. The summed E-state index contributed by atoms with van der Waals surface area (Å²) in [6, 6.07) is 16.8. The predicted molar refractivity (Wildman–Crippen MR) is 104 cm³/mol. The van der Waals surface area contributed by atoms with Gasteiger partial charge in [-0.3, -0.25) is 4.79 Å². The Bertz CT molecular complexity index is 972. The number of nitrogens with zero attached hydrogens (tertiary/aromatic N) is 3. The van der Waals surface area contributed by atoms with Crippen LogP contribution in [-0.4, -0.2) is 33.4 Å². The monoisotopic (exact) mass is 345 g/mol. The molecule has 0 N–H and O–H groups in total. The van der Waals surface area contributed by atoms with Crippen molar-refractivity contribution in [2.75, 3.05) is 13.1 Å². The average molecular weight is 345 g/mol. The SMILES string of the molecule is C=CCN1CC(c2nc3ccccc3n2Cc2cccc(C)c2)CC1=O. The van der Waals surface area contributed by atoms with E-state index in [4.69, 9.17) is 4.98 Å². The Hall–Kier alpha value is -2.88. The number of carbonyl (C=O) groups excluding carboxylic acids is 1. The summed E-state index contributed by atoms with van der Waals surface area (Å²) in [5, 5.41) is 0. The predicted octanol–water partition coefficient (Wildman–Crippen LogP) is 3.89. The molecule has 2 heterocycles. The maximum Gasteiger partial charge on any atom is 0.223 e. The van der Waals surface area contributed by atoms with Gasteiger partial charge >= 0.3 is 0 Å². The number of aromatic nitrogens is 2. The highest BCUT2D eigenvalue weighted by Gasteiger charge is 2.33. The van der Waals surface area contributed by atoms with Crippen molar-refractivity contribution in [1.29, 1.82) is 0 Å². The van der Waals surface area contributed by atoms with Crippen LogP contribution in [0.1, 0.15) is 29.3 Å². The minimum absolute atomic E-state index is 0.125. The molecule has 0 spiro atoms. The topological polar surface area (TPSA) is 38.1 Å². The molecule has 4 nitrogen and oxygen atoms in total. The number of carbonyl (C=O) groups is 1. The molecule has 1 amide bonds. The van der Waals surface area contributed by atoms with Crippen LogP contribution in [0.4, 0.5) is 0 Å². The van der Waals surface area contributed by atoms with E-state index in [9.17, 15) is 4.79 Å². The Kier molecular flexibility index (Phi) is 4.33. The van der Waals surface area contributed by atoms with Crippen LogP contribution in [0.15, 0.2) is 61.2 Å². The van der Waals surface area contributed by atoms with Crippen molar-refractivity contribution in [3.63, 3.8) is 0 Å². The summed E-state index contributed by atoms with van der Waals surface area (Å²) in [4.78, 5) is 19.1. The third-order valence-corrected chi connectivity index (χ3v) is 5.04. The fraction of sp³-hybridized carbons (Fsp3) is 0.273. The lowest BCUT2D eigenvalue weighted by Gasteiger charge is -2.16. The van der Waals surface area contributed by atoms with Crippen LogP contribution in [-0.2, 0) is 11.3 Å². The Morgan fingerprint density at radius 3 is 2.88 bits per heavy atom. The van der Waals surface area contributed by atoms with E-state index in [2.05, 4.69) is 48.4 Å². The van der Waals surface area contributed by atoms with E-state index in [1.54, 1.807) is 6.08 Å². The standard InChI is InChI=1S/C22H23N3O/c1-3-11-24-15-18(13-21(24)26)22-23-19-9-4-5-10-20(19)25(22)14-17-8-6-7-16(2)12-17/h3-10,12,18H,1,11,13-15H2,2H3. The molecule has 1 aliphatic heterocycles. The highest BCUT2D eigenvalue weighted by atomic mass is 16.2. The second-order valence-electron chi connectivity index (χ2n) is 7.02. The largest absolute Gasteiger partial charge is 0.338 e. The number of rotatable bonds is 5. The number of amides is 1. The molecule has 1 saturated heterocycles. The van der Waals surface area contributed by atoms with Gasteiger partial charge in [0.2, 0.25) is 5.91 Å². The zero-order chi connectivity index (χ0) is 18.1. The van der Waals surface area contributed by atoms with E-state index in [1.807, 2.05) is 23.1 Å². The number of benzene rings is 2. The van der Waals surface area contributed by atoms with E-state index in [-0.39, 0.29) is 11.8 Å². The first-order valence-corrected chi connectivity index (χ1v) is 9.05. The minimum Gasteiger partial charge on any atom is -0.338 e. The van der Waals surface area contributed by atoms with Crippen LogP contribution in [0.2, 0.25) is 0 Å². The number of hydrogen-bond donors (Lipinski definition) is 0. The summed E-state index contributed by atoms with van der Waals surface area (Å²) in [6.07, 6.45) is 2.31. The van der Waals surface area contributed by atoms with Gasteiger partial charge in [-0.05, 0) is 24.6 Å². The molecule has 2 aromatic carbocycles. The van der Waals surface area contributed by atoms with Crippen LogP contribution < -0.4 is 0 Å². The lowest BCUT2D eigenvalue weighted by Crippen LogP contribution is -2.25. The molecule has 26 heavy (non-hydrogen) atoms. The maximum atomic E-state index is 12.3. The lowest BCUT2D eigenvalue weighted by molar-refractivity contribution is -0.127. The van der Waals surface area contributed by atoms with Crippen molar-refractivity contribution in [3.8, 4) is 0 Å². The van der Waals surface area contributed by atoms with Crippen LogP contribution >= 0.6 is 0 Å². The van der Waals surface area contributed by atoms with Gasteiger partial charge in [-0.15, -0.1) is 6.58 Å². The van der Waals surface area contributed by atoms with Gasteiger partial charge in [0.05, 0.1) is 11.0 Å². The van der Waals surface area contributed by atoms with Crippen LogP contribution in [0.3, 0.4) is 0 Å². The molecular formula is C22H23N3O. The van der Waals surface area contributed by atoms with Gasteiger partial charge < -0.3 is 9.47 Å². The van der Waals surface area contributed by atoms with Crippen LogP contribution in [0.25, 0.3) is 11.0 Å². The number of likely N-dealkylation sites (tertiary alicyclic amines) is 1. The van der Waals surface area contributed by atoms with Crippen molar-refractivity contribution in [3.05, 3.63) is 78.1 Å². The summed E-state index contributed by atoms with van der Waals surface area (Å²) in [5.41, 5.74) is 4.62. The molecular weight excluding hydrogens is 322 g/mol. The Morgan fingerprint density at radius 2 is 2.08 bits per heavy atom. The van der Waals surface area contributed by atoms with Crippen molar-refractivity contribution < 1.29 is 4.79 Å². The third kappa shape index (κ3) is 3.03. The number of fused-ring (bicyclic) bond motifs is 1. The van der Waals surface area contributed by atoms with Gasteiger partial charge in [0.15, 0.2) is 0 Å². The zero-order valence-corrected chi connectivity index (χ0v) is 15.1. The summed E-state index contributed by atoms with van der Waals surface area (Å²) in [7, 11) is 0. The van der Waals surface area contributed by atoms with Crippen molar-refractivity contribution in [2.24, 2.45) is 0 Å². The molecule has 1 unspecified atom stereocenters. The molecule has 0 aliphatic carbocycles. The molecule has 132 valence electrons. The first-order valence-electron chi connectivity index (χ1n) is 9.05. The highest BCUT2D eigenvalue weighted by molar-refractivity contribution is 5.81. The molecule has 1 aromatic heterocycles. The molecule has 4 rings (SSSR count).